The molecular weight excluding hydrogens is 244 g/mol. The highest BCUT2D eigenvalue weighted by atomic mass is 16.5. The van der Waals surface area contributed by atoms with Crippen LogP contribution in [0.2, 0.25) is 0 Å². The molecule has 2 aliphatic rings. The van der Waals surface area contributed by atoms with E-state index in [1.807, 2.05) is 0 Å². The van der Waals surface area contributed by atoms with Crippen LogP contribution in [0.15, 0.2) is 48.1 Å². The highest BCUT2D eigenvalue weighted by molar-refractivity contribution is 6.00. The van der Waals surface area contributed by atoms with Crippen LogP contribution in [-0.4, -0.2) is 34.3 Å². The summed E-state index contributed by atoms with van der Waals surface area (Å²) in [7, 11) is 0. The van der Waals surface area contributed by atoms with Crippen LogP contribution in [0, 0.1) is 0 Å². The predicted octanol–water partition coefficient (Wildman–Crippen LogP) is 1.24. The van der Waals surface area contributed by atoms with E-state index in [0.717, 1.165) is 0 Å². The number of benzene rings is 1. The monoisotopic (exact) mass is 258 g/mol. The molecule has 1 aliphatic carbocycles. The first-order valence-corrected chi connectivity index (χ1v) is 6.20. The van der Waals surface area contributed by atoms with Crippen molar-refractivity contribution in [2.24, 2.45) is 0 Å². The van der Waals surface area contributed by atoms with E-state index in [2.05, 4.69) is 0 Å². The van der Waals surface area contributed by atoms with Gasteiger partial charge in [-0.15, -0.1) is 0 Å². The smallest absolute Gasteiger partial charge is 0.170 e. The van der Waals surface area contributed by atoms with E-state index in [1.165, 1.54) is 6.08 Å². The quantitative estimate of drug-likeness (QED) is 0.795. The van der Waals surface area contributed by atoms with Crippen molar-refractivity contribution in [2.75, 3.05) is 0 Å². The fraction of sp³-hybridized carbons (Fsp3) is 0.267. The van der Waals surface area contributed by atoms with Gasteiger partial charge in [-0.05, 0) is 12.1 Å². The van der Waals surface area contributed by atoms with Gasteiger partial charge in [0.2, 0.25) is 0 Å². The summed E-state index contributed by atoms with van der Waals surface area (Å²) in [5.74, 6) is 0.518. The topological polar surface area (TPSA) is 66.8 Å². The summed E-state index contributed by atoms with van der Waals surface area (Å²) < 4.78 is 5.77. The minimum atomic E-state index is -1.02. The van der Waals surface area contributed by atoms with E-state index in [-0.39, 0.29) is 12.2 Å². The van der Waals surface area contributed by atoms with Crippen LogP contribution in [-0.2, 0) is 0 Å². The summed E-state index contributed by atoms with van der Waals surface area (Å²) in [5.41, 5.74) is 1.11. The molecule has 0 aromatic heterocycles. The maximum absolute atomic E-state index is 12.1. The van der Waals surface area contributed by atoms with Gasteiger partial charge in [0.05, 0.1) is 12.0 Å². The number of para-hydroxylation sites is 1. The molecule has 1 aliphatic heterocycles. The zero-order chi connectivity index (χ0) is 13.4. The molecule has 0 amide bonds. The fourth-order valence-electron chi connectivity index (χ4n) is 2.44. The van der Waals surface area contributed by atoms with E-state index in [4.69, 9.17) is 4.74 Å². The Balaban J connectivity index is 1.92. The highest BCUT2D eigenvalue weighted by Crippen LogP contribution is 2.32. The van der Waals surface area contributed by atoms with Crippen molar-refractivity contribution in [3.63, 3.8) is 0 Å². The Hall–Kier alpha value is -1.91. The molecule has 0 fully saturated rings. The van der Waals surface area contributed by atoms with Gasteiger partial charge in [-0.3, -0.25) is 4.79 Å². The summed E-state index contributed by atoms with van der Waals surface area (Å²) in [6.07, 6.45) is 2.57. The number of hydrogen-bond acceptors (Lipinski definition) is 4. The van der Waals surface area contributed by atoms with Crippen LogP contribution in [0.3, 0.4) is 0 Å². The van der Waals surface area contributed by atoms with Gasteiger partial charge in [-0.1, -0.05) is 30.4 Å². The van der Waals surface area contributed by atoms with E-state index < -0.39 is 18.3 Å². The first-order valence-electron chi connectivity index (χ1n) is 6.20. The zero-order valence-electron chi connectivity index (χ0n) is 10.2. The molecule has 1 aromatic rings. The average Bonchev–Trinajstić information content (AvgIpc) is 2.42. The van der Waals surface area contributed by atoms with Crippen LogP contribution >= 0.6 is 0 Å². The number of aliphatic hydroxyl groups is 2. The molecule has 19 heavy (non-hydrogen) atoms. The highest BCUT2D eigenvalue weighted by Gasteiger charge is 2.34. The molecule has 1 aromatic carbocycles. The second-order valence-electron chi connectivity index (χ2n) is 4.72. The molecule has 3 rings (SSSR count). The van der Waals surface area contributed by atoms with Crippen molar-refractivity contribution in [2.45, 2.75) is 24.7 Å². The van der Waals surface area contributed by atoms with Crippen LogP contribution in [0.4, 0.5) is 0 Å². The van der Waals surface area contributed by atoms with Crippen LogP contribution < -0.4 is 4.74 Å². The maximum Gasteiger partial charge on any atom is 0.170 e. The fourth-order valence-corrected chi connectivity index (χ4v) is 2.44. The lowest BCUT2D eigenvalue weighted by molar-refractivity contribution is 0.0503. The molecule has 0 saturated heterocycles. The Morgan fingerprint density at radius 1 is 1.21 bits per heavy atom. The molecule has 1 heterocycles. The number of aliphatic hydroxyl groups excluding tert-OH is 2. The lowest BCUT2D eigenvalue weighted by atomic mass is 9.89. The summed E-state index contributed by atoms with van der Waals surface area (Å²) in [6.45, 7) is 0. The summed E-state index contributed by atoms with van der Waals surface area (Å²) in [4.78, 5) is 12.1. The first-order chi connectivity index (χ1) is 9.16. The number of hydrogen-bond donors (Lipinski definition) is 2. The Kier molecular flexibility index (Phi) is 2.97. The van der Waals surface area contributed by atoms with Crippen LogP contribution in [0.5, 0.6) is 5.75 Å². The van der Waals surface area contributed by atoms with Gasteiger partial charge < -0.3 is 14.9 Å². The lowest BCUT2D eigenvalue weighted by Gasteiger charge is -2.31. The van der Waals surface area contributed by atoms with Crippen molar-refractivity contribution in [1.29, 1.82) is 0 Å². The molecule has 3 unspecified atom stereocenters. The molecule has 0 saturated carbocycles. The third-order valence-corrected chi connectivity index (χ3v) is 3.46. The minimum absolute atomic E-state index is 0.0102. The van der Waals surface area contributed by atoms with E-state index >= 15 is 0 Å². The number of carbonyl (C=O) groups is 1. The molecule has 0 radical (unpaired) electrons. The van der Waals surface area contributed by atoms with Gasteiger partial charge >= 0.3 is 0 Å². The van der Waals surface area contributed by atoms with Gasteiger partial charge in [-0.25, -0.2) is 0 Å². The van der Waals surface area contributed by atoms with Gasteiger partial charge in [0.25, 0.3) is 0 Å². The summed E-state index contributed by atoms with van der Waals surface area (Å²) >= 11 is 0. The number of rotatable bonds is 1. The summed E-state index contributed by atoms with van der Waals surface area (Å²) in [6, 6.07) is 7.06. The number of Topliss-reactive ketones (excluding diaryl/α,β-unsaturated/α-hetero) is 1. The third-order valence-electron chi connectivity index (χ3n) is 3.46. The Morgan fingerprint density at radius 2 is 2.00 bits per heavy atom. The standard InChI is InChI=1S/C15H14O4/c16-11-6-3-5-10(15(11)18)14-8-12(17)9-4-1-2-7-13(9)19-14/h1-7,11,14-16,18H,8H2. The Labute approximate surface area is 110 Å². The number of allylic oxidation sites excluding steroid dienone is 2. The maximum atomic E-state index is 12.1. The van der Waals surface area contributed by atoms with Crippen molar-refractivity contribution < 1.29 is 19.7 Å². The molecule has 4 nitrogen and oxygen atoms in total. The largest absolute Gasteiger partial charge is 0.485 e. The number of carbonyl (C=O) groups excluding carboxylic acids is 1. The van der Waals surface area contributed by atoms with Gasteiger partial charge in [0.15, 0.2) is 5.78 Å². The summed E-state index contributed by atoms with van der Waals surface area (Å²) in [5, 5.41) is 19.6. The van der Waals surface area contributed by atoms with Crippen molar-refractivity contribution in [3.8, 4) is 5.75 Å². The number of fused-ring (bicyclic) bond motifs is 1. The predicted molar refractivity (Wildman–Crippen MR) is 69.0 cm³/mol. The molecule has 0 bridgehead atoms. The van der Waals surface area contributed by atoms with Crippen molar-refractivity contribution >= 4 is 5.78 Å². The second kappa shape index (κ2) is 4.64. The first kappa shape index (κ1) is 12.1. The van der Waals surface area contributed by atoms with Gasteiger partial charge in [-0.2, -0.15) is 0 Å². The molecule has 3 atom stereocenters. The molecule has 98 valence electrons. The van der Waals surface area contributed by atoms with Gasteiger partial charge in [0, 0.05) is 5.57 Å². The second-order valence-corrected chi connectivity index (χ2v) is 4.72. The SMILES string of the molecule is O=C1CC(C2=CC=CC(O)C2O)Oc2ccccc21. The average molecular weight is 258 g/mol. The molecule has 0 spiro atoms. The van der Waals surface area contributed by atoms with Gasteiger partial charge in [0.1, 0.15) is 24.1 Å². The van der Waals surface area contributed by atoms with Crippen molar-refractivity contribution in [1.82, 2.24) is 0 Å². The normalized spacial score (nSPS) is 29.5. The minimum Gasteiger partial charge on any atom is -0.485 e. The van der Waals surface area contributed by atoms with E-state index in [9.17, 15) is 15.0 Å². The third kappa shape index (κ3) is 2.09. The van der Waals surface area contributed by atoms with E-state index in [1.54, 1.807) is 36.4 Å². The number of ether oxygens (including phenoxy) is 1. The lowest BCUT2D eigenvalue weighted by Crippen LogP contribution is -2.38. The number of ketones is 1. The molecular formula is C15H14O4. The van der Waals surface area contributed by atoms with E-state index in [0.29, 0.717) is 16.9 Å². The van der Waals surface area contributed by atoms with Crippen LogP contribution in [0.25, 0.3) is 0 Å². The van der Waals surface area contributed by atoms with Crippen molar-refractivity contribution in [3.05, 3.63) is 53.6 Å². The molecule has 4 heteroatoms. The Bertz CT molecular complexity index is 573. The molecule has 2 N–H and O–H groups in total. The van der Waals surface area contributed by atoms with Crippen LogP contribution in [0.1, 0.15) is 16.8 Å². The zero-order valence-corrected chi connectivity index (χ0v) is 10.2. The Morgan fingerprint density at radius 3 is 2.84 bits per heavy atom.